The van der Waals surface area contributed by atoms with E-state index in [4.69, 9.17) is 17.1 Å². The van der Waals surface area contributed by atoms with Crippen molar-refractivity contribution in [2.45, 2.75) is 31.2 Å². The zero-order valence-electron chi connectivity index (χ0n) is 17.4. The first kappa shape index (κ1) is 21.4. The van der Waals surface area contributed by atoms with E-state index in [0.717, 1.165) is 5.56 Å². The van der Waals surface area contributed by atoms with Crippen molar-refractivity contribution in [1.29, 1.82) is 0 Å². The number of amides is 1. The second kappa shape index (κ2) is 7.85. The molecule has 2 unspecified atom stereocenters. The van der Waals surface area contributed by atoms with Crippen molar-refractivity contribution in [2.75, 3.05) is 12.4 Å². The summed E-state index contributed by atoms with van der Waals surface area (Å²) in [5.74, 6) is -0.385. The minimum absolute atomic E-state index is 0.123. The maximum atomic E-state index is 12.4. The van der Waals surface area contributed by atoms with Crippen LogP contribution in [0, 0.1) is 11.3 Å². The van der Waals surface area contributed by atoms with Crippen LogP contribution in [0.1, 0.15) is 18.0 Å². The summed E-state index contributed by atoms with van der Waals surface area (Å²) in [5.41, 5.74) is 9.48. The van der Waals surface area contributed by atoms with Gasteiger partial charge in [-0.1, -0.05) is 23.7 Å². The number of hydrogen-bond acceptors (Lipinski definition) is 8. The van der Waals surface area contributed by atoms with Gasteiger partial charge in [0, 0.05) is 29.4 Å². The quantitative estimate of drug-likeness (QED) is 0.242. The van der Waals surface area contributed by atoms with Gasteiger partial charge in [0.15, 0.2) is 11.5 Å². The molecule has 0 bridgehead atoms. The molecule has 0 spiro atoms. The number of nitrogens with one attached hydrogen (secondary N) is 2. The van der Waals surface area contributed by atoms with E-state index in [0.29, 0.717) is 35.0 Å². The maximum Gasteiger partial charge on any atom is 0.229 e. The Morgan fingerprint density at radius 1 is 1.42 bits per heavy atom. The van der Waals surface area contributed by atoms with Gasteiger partial charge in [-0.25, -0.2) is 15.0 Å². The SMILES string of the molecule is CNC(=O)[C@]12CC1[C@@H](n1cnc3c(NCc4cccc(Cl)c4)nc(N=[N+]=[N-])nc31)C(O)[C@@H]2O. The number of aromatic nitrogens is 4. The first-order chi connectivity index (χ1) is 15.9. The van der Waals surface area contributed by atoms with Crippen LogP contribution >= 0.6 is 11.6 Å². The fourth-order valence-electron chi connectivity index (χ4n) is 4.95. The lowest BCUT2D eigenvalue weighted by Gasteiger charge is -2.23. The summed E-state index contributed by atoms with van der Waals surface area (Å²) in [6, 6.07) is 6.67. The minimum atomic E-state index is -1.22. The summed E-state index contributed by atoms with van der Waals surface area (Å²) in [4.78, 5) is 28.2. The number of hydrogen-bond donors (Lipinski definition) is 4. The number of aliphatic hydroxyl groups excluding tert-OH is 2. The summed E-state index contributed by atoms with van der Waals surface area (Å²) in [6.07, 6.45) is -0.491. The summed E-state index contributed by atoms with van der Waals surface area (Å²) in [7, 11) is 1.50. The van der Waals surface area contributed by atoms with Crippen LogP contribution in [0.15, 0.2) is 35.7 Å². The molecule has 170 valence electrons. The Hall–Kier alpha value is -3.44. The van der Waals surface area contributed by atoms with Crippen LogP contribution in [0.5, 0.6) is 0 Å². The van der Waals surface area contributed by atoms with Crippen LogP contribution in [0.25, 0.3) is 21.6 Å². The second-order valence-electron chi connectivity index (χ2n) is 8.23. The molecule has 2 fully saturated rings. The van der Waals surface area contributed by atoms with Gasteiger partial charge in [-0.2, -0.15) is 0 Å². The minimum Gasteiger partial charge on any atom is -0.389 e. The molecule has 33 heavy (non-hydrogen) atoms. The predicted octanol–water partition coefficient (Wildman–Crippen LogP) is 2.06. The summed E-state index contributed by atoms with van der Waals surface area (Å²) >= 11 is 6.05. The van der Waals surface area contributed by atoms with Crippen molar-refractivity contribution >= 4 is 40.4 Å². The molecule has 5 atom stereocenters. The number of fused-ring (bicyclic) bond motifs is 2. The Labute approximate surface area is 192 Å². The van der Waals surface area contributed by atoms with Gasteiger partial charge in [-0.05, 0) is 34.8 Å². The van der Waals surface area contributed by atoms with Gasteiger partial charge in [0.2, 0.25) is 11.9 Å². The predicted molar refractivity (Wildman–Crippen MR) is 119 cm³/mol. The molecule has 2 heterocycles. The third-order valence-electron chi connectivity index (χ3n) is 6.54. The molecule has 2 saturated carbocycles. The number of carbonyl (C=O) groups is 1. The zero-order chi connectivity index (χ0) is 23.3. The molecule has 2 aliphatic carbocycles. The highest BCUT2D eigenvalue weighted by atomic mass is 35.5. The van der Waals surface area contributed by atoms with Crippen LogP contribution in [0.2, 0.25) is 5.02 Å². The molecule has 0 aliphatic heterocycles. The van der Waals surface area contributed by atoms with Crippen molar-refractivity contribution < 1.29 is 15.0 Å². The molecular formula is C20H20ClN9O3. The van der Waals surface area contributed by atoms with Gasteiger partial charge in [0.1, 0.15) is 11.6 Å². The monoisotopic (exact) mass is 469 g/mol. The molecule has 4 N–H and O–H groups in total. The van der Waals surface area contributed by atoms with Gasteiger partial charge in [0.25, 0.3) is 0 Å². The van der Waals surface area contributed by atoms with E-state index in [1.807, 2.05) is 18.2 Å². The van der Waals surface area contributed by atoms with E-state index in [1.54, 1.807) is 10.6 Å². The van der Waals surface area contributed by atoms with Crippen molar-refractivity contribution in [3.05, 3.63) is 51.6 Å². The van der Waals surface area contributed by atoms with Gasteiger partial charge in [0.05, 0.1) is 23.9 Å². The first-order valence-corrected chi connectivity index (χ1v) is 10.6. The van der Waals surface area contributed by atoms with Crippen LogP contribution in [-0.2, 0) is 11.3 Å². The number of azide groups is 1. The highest BCUT2D eigenvalue weighted by Gasteiger charge is 2.75. The fraction of sp³-hybridized carbons (Fsp3) is 0.400. The Bertz CT molecular complexity index is 1310. The Kier molecular flexibility index (Phi) is 5.09. The van der Waals surface area contributed by atoms with Crippen molar-refractivity contribution in [3.63, 3.8) is 0 Å². The van der Waals surface area contributed by atoms with Crippen molar-refractivity contribution in [3.8, 4) is 0 Å². The number of benzene rings is 1. The maximum absolute atomic E-state index is 12.4. The molecule has 3 aromatic rings. The lowest BCUT2D eigenvalue weighted by Crippen LogP contribution is -2.41. The Morgan fingerprint density at radius 3 is 2.97 bits per heavy atom. The highest BCUT2D eigenvalue weighted by Crippen LogP contribution is 2.67. The average Bonchev–Trinajstić information content (AvgIpc) is 3.34. The molecule has 1 amide bonds. The lowest BCUT2D eigenvalue weighted by molar-refractivity contribution is -0.132. The number of carbonyl (C=O) groups excluding carboxylic acids is 1. The second-order valence-corrected chi connectivity index (χ2v) is 8.66. The van der Waals surface area contributed by atoms with E-state index in [2.05, 4.69) is 35.6 Å². The largest absolute Gasteiger partial charge is 0.389 e. The summed E-state index contributed by atoms with van der Waals surface area (Å²) in [5, 5.41) is 31.3. The number of imidazole rings is 1. The summed E-state index contributed by atoms with van der Waals surface area (Å²) in [6.45, 7) is 0.377. The average molecular weight is 470 g/mol. The number of nitrogens with zero attached hydrogens (tertiary/aromatic N) is 7. The van der Waals surface area contributed by atoms with Crippen LogP contribution in [-0.4, -0.2) is 54.9 Å². The van der Waals surface area contributed by atoms with Crippen LogP contribution in [0.3, 0.4) is 0 Å². The van der Waals surface area contributed by atoms with Crippen molar-refractivity contribution in [2.24, 2.45) is 16.4 Å². The molecule has 1 aromatic carbocycles. The number of halogens is 1. The van der Waals surface area contributed by atoms with E-state index < -0.39 is 23.7 Å². The number of anilines is 1. The van der Waals surface area contributed by atoms with Gasteiger partial charge >= 0.3 is 0 Å². The normalized spacial score (nSPS) is 27.6. The molecule has 13 heteroatoms. The van der Waals surface area contributed by atoms with E-state index in [-0.39, 0.29) is 17.8 Å². The van der Waals surface area contributed by atoms with Gasteiger partial charge in [-0.15, -0.1) is 0 Å². The molecule has 12 nitrogen and oxygen atoms in total. The summed E-state index contributed by atoms with van der Waals surface area (Å²) < 4.78 is 1.62. The molecule has 0 saturated heterocycles. The lowest BCUT2D eigenvalue weighted by atomic mass is 9.98. The standard InChI is InChI=1S/C20H20ClN9O3/c1-23-18(33)20-6-11(20)13(14(31)15(20)32)30-8-25-12-16(26-19(28-29-22)27-17(12)30)24-7-9-3-2-4-10(21)5-9/h2-5,8,11,13-15,31-32H,6-7H2,1H3,(H,23,33)(H,24,26,27)/t11?,13-,14?,15+,20-/m1/s1. The van der Waals surface area contributed by atoms with Crippen LogP contribution < -0.4 is 10.6 Å². The fourth-order valence-corrected chi connectivity index (χ4v) is 5.16. The zero-order valence-corrected chi connectivity index (χ0v) is 18.2. The Morgan fingerprint density at radius 2 is 2.24 bits per heavy atom. The van der Waals surface area contributed by atoms with Gasteiger partial charge in [-0.3, -0.25) is 4.79 Å². The molecular weight excluding hydrogens is 450 g/mol. The highest BCUT2D eigenvalue weighted by molar-refractivity contribution is 6.30. The van der Waals surface area contributed by atoms with Gasteiger partial charge < -0.3 is 25.4 Å². The van der Waals surface area contributed by atoms with E-state index >= 15 is 0 Å². The number of aliphatic hydroxyl groups is 2. The van der Waals surface area contributed by atoms with E-state index in [1.165, 1.54) is 13.4 Å². The van der Waals surface area contributed by atoms with Crippen molar-refractivity contribution in [1.82, 2.24) is 24.8 Å². The first-order valence-electron chi connectivity index (χ1n) is 10.3. The number of rotatable bonds is 6. The topological polar surface area (TPSA) is 174 Å². The third-order valence-corrected chi connectivity index (χ3v) is 6.77. The smallest absolute Gasteiger partial charge is 0.229 e. The van der Waals surface area contributed by atoms with Crippen LogP contribution in [0.4, 0.5) is 11.8 Å². The molecule has 5 rings (SSSR count). The molecule has 0 radical (unpaired) electrons. The third kappa shape index (κ3) is 3.26. The molecule has 2 aliphatic rings. The Balaban J connectivity index is 1.54. The van der Waals surface area contributed by atoms with E-state index in [9.17, 15) is 15.0 Å². The molecule has 2 aromatic heterocycles.